The minimum atomic E-state index is -0.242. The molecule has 2 aromatic rings. The molecule has 0 atom stereocenters. The van der Waals surface area contributed by atoms with Crippen molar-refractivity contribution in [2.75, 3.05) is 0 Å². The van der Waals surface area contributed by atoms with Gasteiger partial charge < -0.3 is 0 Å². The topological polar surface area (TPSA) is 17.3 Å². The van der Waals surface area contributed by atoms with Gasteiger partial charge in [0.2, 0.25) is 0 Å². The molecular weight excluding hydrogens is 223 g/mol. The molecule has 0 bridgehead atoms. The molecule has 0 N–H and O–H groups in total. The van der Waals surface area contributed by atoms with Crippen molar-refractivity contribution in [1.29, 1.82) is 0 Å². The van der Waals surface area contributed by atoms with E-state index in [0.29, 0.717) is 5.52 Å². The summed E-state index contributed by atoms with van der Waals surface area (Å²) in [5.41, 5.74) is 1.37. The van der Waals surface area contributed by atoms with Gasteiger partial charge in [0.15, 0.2) is 0 Å². The average molecular weight is 229 g/mol. The van der Waals surface area contributed by atoms with Crippen LogP contribution in [0.15, 0.2) is 22.9 Å². The largest absolute Gasteiger partial charge is 0.223 e. The summed E-state index contributed by atoms with van der Waals surface area (Å²) in [4.78, 5) is 0. The van der Waals surface area contributed by atoms with Crippen molar-refractivity contribution < 1.29 is 4.39 Å². The molecule has 0 saturated carbocycles. The molecule has 2 heterocycles. The summed E-state index contributed by atoms with van der Waals surface area (Å²) in [6.45, 7) is 1.83. The van der Waals surface area contributed by atoms with Crippen LogP contribution < -0.4 is 0 Å². The van der Waals surface area contributed by atoms with Crippen LogP contribution in [-0.4, -0.2) is 9.61 Å². The summed E-state index contributed by atoms with van der Waals surface area (Å²) in [5, 5.41) is 4.01. The summed E-state index contributed by atoms with van der Waals surface area (Å²) in [6, 6.07) is 3.06. The van der Waals surface area contributed by atoms with Crippen molar-refractivity contribution in [3.63, 3.8) is 0 Å². The van der Waals surface area contributed by atoms with Crippen LogP contribution in [0.1, 0.15) is 5.56 Å². The first kappa shape index (κ1) is 7.73. The van der Waals surface area contributed by atoms with Gasteiger partial charge in [-0.1, -0.05) is 0 Å². The minimum absolute atomic E-state index is 0.242. The van der Waals surface area contributed by atoms with Crippen LogP contribution in [0.3, 0.4) is 0 Å². The average Bonchev–Trinajstić information content (AvgIpc) is 2.42. The Bertz CT molecular complexity index is 436. The number of fused-ring (bicyclic) bond motifs is 1. The zero-order valence-electron chi connectivity index (χ0n) is 6.38. The molecule has 0 unspecified atom stereocenters. The lowest BCUT2D eigenvalue weighted by molar-refractivity contribution is 0.628. The molecule has 0 saturated heterocycles. The number of nitrogens with zero attached hydrogens (tertiary/aromatic N) is 2. The van der Waals surface area contributed by atoms with Crippen molar-refractivity contribution in [2.24, 2.45) is 0 Å². The first-order valence-electron chi connectivity index (χ1n) is 3.48. The van der Waals surface area contributed by atoms with Gasteiger partial charge in [0.1, 0.15) is 15.9 Å². The number of pyridine rings is 1. The van der Waals surface area contributed by atoms with Crippen molar-refractivity contribution >= 4 is 21.4 Å². The van der Waals surface area contributed by atoms with Gasteiger partial charge in [-0.15, -0.1) is 0 Å². The van der Waals surface area contributed by atoms with Crippen molar-refractivity contribution in [2.45, 2.75) is 6.92 Å². The van der Waals surface area contributed by atoms with Crippen LogP contribution in [0, 0.1) is 12.7 Å². The third-order valence-corrected chi connectivity index (χ3v) is 2.35. The highest BCUT2D eigenvalue weighted by molar-refractivity contribution is 9.10. The lowest BCUT2D eigenvalue weighted by Crippen LogP contribution is -1.91. The first-order valence-corrected chi connectivity index (χ1v) is 4.28. The quantitative estimate of drug-likeness (QED) is 0.634. The molecule has 62 valence electrons. The molecule has 2 aromatic heterocycles. The van der Waals surface area contributed by atoms with E-state index in [2.05, 4.69) is 21.0 Å². The van der Waals surface area contributed by atoms with Crippen LogP contribution >= 0.6 is 15.9 Å². The molecule has 0 fully saturated rings. The molecule has 0 aliphatic rings. The fourth-order valence-corrected chi connectivity index (χ4v) is 1.57. The molecule has 0 amide bonds. The molecule has 0 radical (unpaired) electrons. The van der Waals surface area contributed by atoms with Crippen LogP contribution in [0.25, 0.3) is 5.52 Å². The summed E-state index contributed by atoms with van der Waals surface area (Å²) < 4.78 is 15.5. The summed E-state index contributed by atoms with van der Waals surface area (Å²) in [7, 11) is 0. The van der Waals surface area contributed by atoms with E-state index in [1.54, 1.807) is 12.3 Å². The lowest BCUT2D eigenvalue weighted by atomic mass is 10.3. The predicted molar refractivity (Wildman–Crippen MR) is 47.6 cm³/mol. The second-order valence-electron chi connectivity index (χ2n) is 2.59. The molecule has 0 aliphatic carbocycles. The minimum Gasteiger partial charge on any atom is -0.223 e. The number of rotatable bonds is 0. The van der Waals surface area contributed by atoms with Crippen LogP contribution in [0.4, 0.5) is 4.39 Å². The number of hydrogen-bond donors (Lipinski definition) is 0. The van der Waals surface area contributed by atoms with E-state index in [4.69, 9.17) is 0 Å². The Labute approximate surface area is 77.1 Å². The molecule has 4 heteroatoms. The van der Waals surface area contributed by atoms with E-state index < -0.39 is 0 Å². The zero-order valence-corrected chi connectivity index (χ0v) is 7.97. The smallest absolute Gasteiger partial charge is 0.149 e. The van der Waals surface area contributed by atoms with E-state index >= 15 is 0 Å². The third kappa shape index (κ3) is 0.948. The number of hydrogen-bond acceptors (Lipinski definition) is 1. The van der Waals surface area contributed by atoms with Gasteiger partial charge in [-0.05, 0) is 40.5 Å². The fraction of sp³-hybridized carbons (Fsp3) is 0.125. The third-order valence-electron chi connectivity index (χ3n) is 1.75. The van der Waals surface area contributed by atoms with Gasteiger partial charge >= 0.3 is 0 Å². The Balaban J connectivity index is 2.98. The van der Waals surface area contributed by atoms with E-state index in [-0.39, 0.29) is 5.82 Å². The second kappa shape index (κ2) is 2.55. The number of halogens is 2. The molecule has 0 aliphatic heterocycles. The molecule has 0 aromatic carbocycles. The summed E-state index contributed by atoms with van der Waals surface area (Å²) in [5.74, 6) is -0.242. The standard InChI is InChI=1S/C8H6BrFN2/c1-5-4-11-12-7(9)3-2-6(10)8(5)12/h2-4H,1H3. The van der Waals surface area contributed by atoms with Crippen LogP contribution in [-0.2, 0) is 0 Å². The fourth-order valence-electron chi connectivity index (χ4n) is 1.17. The van der Waals surface area contributed by atoms with Crippen LogP contribution in [0.2, 0.25) is 0 Å². The highest BCUT2D eigenvalue weighted by Gasteiger charge is 2.07. The molecular formula is C8H6BrFN2. The van der Waals surface area contributed by atoms with E-state index in [1.165, 1.54) is 10.6 Å². The Hall–Kier alpha value is -0.900. The first-order chi connectivity index (χ1) is 5.70. The lowest BCUT2D eigenvalue weighted by Gasteiger charge is -1.98. The van der Waals surface area contributed by atoms with Gasteiger partial charge in [0, 0.05) is 0 Å². The number of aromatic nitrogens is 2. The highest BCUT2D eigenvalue weighted by atomic mass is 79.9. The maximum Gasteiger partial charge on any atom is 0.149 e. The maximum atomic E-state index is 13.2. The van der Waals surface area contributed by atoms with E-state index in [9.17, 15) is 4.39 Å². The molecule has 12 heavy (non-hydrogen) atoms. The van der Waals surface area contributed by atoms with E-state index in [1.807, 2.05) is 6.92 Å². The van der Waals surface area contributed by atoms with Crippen molar-refractivity contribution in [1.82, 2.24) is 9.61 Å². The Morgan fingerprint density at radius 2 is 2.25 bits per heavy atom. The van der Waals surface area contributed by atoms with Gasteiger partial charge in [0.25, 0.3) is 0 Å². The van der Waals surface area contributed by atoms with Crippen molar-refractivity contribution in [3.05, 3.63) is 34.3 Å². The maximum absolute atomic E-state index is 13.2. The molecule has 0 spiro atoms. The zero-order chi connectivity index (χ0) is 8.72. The van der Waals surface area contributed by atoms with E-state index in [0.717, 1.165) is 10.2 Å². The predicted octanol–water partition coefficient (Wildman–Crippen LogP) is 2.54. The van der Waals surface area contributed by atoms with Crippen LogP contribution in [0.5, 0.6) is 0 Å². The Kier molecular flexibility index (Phi) is 1.65. The van der Waals surface area contributed by atoms with Gasteiger partial charge in [-0.2, -0.15) is 5.10 Å². The second-order valence-corrected chi connectivity index (χ2v) is 3.40. The summed E-state index contributed by atoms with van der Waals surface area (Å²) >= 11 is 3.28. The Morgan fingerprint density at radius 1 is 1.50 bits per heavy atom. The van der Waals surface area contributed by atoms with Gasteiger partial charge in [0.05, 0.1) is 6.20 Å². The van der Waals surface area contributed by atoms with Gasteiger partial charge in [-0.25, -0.2) is 8.91 Å². The van der Waals surface area contributed by atoms with Crippen molar-refractivity contribution in [3.8, 4) is 0 Å². The number of aryl methyl sites for hydroxylation is 1. The summed E-state index contributed by atoms with van der Waals surface area (Å²) in [6.07, 6.45) is 1.64. The van der Waals surface area contributed by atoms with Gasteiger partial charge in [-0.3, -0.25) is 0 Å². The normalized spacial score (nSPS) is 10.9. The molecule has 2 rings (SSSR count). The SMILES string of the molecule is Cc1cnn2c(Br)ccc(F)c12. The monoisotopic (exact) mass is 228 g/mol. The molecule has 2 nitrogen and oxygen atoms in total. The highest BCUT2D eigenvalue weighted by Crippen LogP contribution is 2.18. The Morgan fingerprint density at radius 3 is 2.92 bits per heavy atom.